The fourth-order valence-electron chi connectivity index (χ4n) is 1.98. The summed E-state index contributed by atoms with van der Waals surface area (Å²) in [5.41, 5.74) is 0. The number of aliphatic imine (C=N–C) groups is 1. The number of hydrogen-bond acceptors (Lipinski definition) is 1. The molecule has 2 N–H and O–H groups in total. The molecule has 0 aromatic heterocycles. The first kappa shape index (κ1) is 18.0. The molecule has 0 unspecified atom stereocenters. The van der Waals surface area contributed by atoms with Gasteiger partial charge in [0.1, 0.15) is 0 Å². The highest BCUT2D eigenvalue weighted by atomic mass is 127. The van der Waals surface area contributed by atoms with Crippen LogP contribution in [0.1, 0.15) is 58.3 Å². The zero-order chi connectivity index (χ0) is 12.3. The lowest BCUT2D eigenvalue weighted by atomic mass is 10.2. The van der Waals surface area contributed by atoms with Crippen LogP contribution >= 0.6 is 24.0 Å². The molecule has 0 aromatic rings. The van der Waals surface area contributed by atoms with Crippen LogP contribution in [0.15, 0.2) is 4.99 Å². The van der Waals surface area contributed by atoms with Gasteiger partial charge >= 0.3 is 0 Å². The summed E-state index contributed by atoms with van der Waals surface area (Å²) in [5.74, 6) is 2.01. The Morgan fingerprint density at radius 3 is 2.28 bits per heavy atom. The highest BCUT2D eigenvalue weighted by Crippen LogP contribution is 2.33. The van der Waals surface area contributed by atoms with Gasteiger partial charge in [-0.3, -0.25) is 4.99 Å². The molecule has 0 saturated heterocycles. The number of nitrogens with zero attached hydrogens (tertiary/aromatic N) is 1. The summed E-state index contributed by atoms with van der Waals surface area (Å²) in [6.07, 6.45) is 10.8. The molecular formula is C14H30IN3. The number of nitrogens with one attached hydrogen (secondary N) is 2. The Balaban J connectivity index is 0.00000289. The highest BCUT2D eigenvalue weighted by molar-refractivity contribution is 14.0. The third-order valence-electron chi connectivity index (χ3n) is 3.32. The van der Waals surface area contributed by atoms with Crippen LogP contribution < -0.4 is 10.6 Å². The van der Waals surface area contributed by atoms with Gasteiger partial charge in [-0.25, -0.2) is 0 Å². The molecule has 4 heteroatoms. The zero-order valence-electron chi connectivity index (χ0n) is 12.0. The summed E-state index contributed by atoms with van der Waals surface area (Å²) < 4.78 is 0. The minimum atomic E-state index is 0. The highest BCUT2D eigenvalue weighted by Gasteiger charge is 2.19. The van der Waals surface area contributed by atoms with Crippen LogP contribution in [0.4, 0.5) is 0 Å². The van der Waals surface area contributed by atoms with Crippen LogP contribution in [0, 0.1) is 5.92 Å². The monoisotopic (exact) mass is 367 g/mol. The molecule has 3 nitrogen and oxygen atoms in total. The maximum atomic E-state index is 4.23. The van der Waals surface area contributed by atoms with Gasteiger partial charge < -0.3 is 10.6 Å². The fourth-order valence-corrected chi connectivity index (χ4v) is 1.98. The van der Waals surface area contributed by atoms with Gasteiger partial charge in [0.15, 0.2) is 5.96 Å². The van der Waals surface area contributed by atoms with Gasteiger partial charge in [-0.15, -0.1) is 24.0 Å². The van der Waals surface area contributed by atoms with E-state index in [1.165, 1.54) is 51.4 Å². The Kier molecular flexibility index (Phi) is 12.1. The number of rotatable bonds is 9. The minimum Gasteiger partial charge on any atom is -0.356 e. The van der Waals surface area contributed by atoms with E-state index in [2.05, 4.69) is 22.5 Å². The molecule has 0 heterocycles. The lowest BCUT2D eigenvalue weighted by Crippen LogP contribution is -2.38. The zero-order valence-corrected chi connectivity index (χ0v) is 14.3. The molecule has 0 atom stereocenters. The number of unbranched alkanes of at least 4 members (excludes halogenated alkanes) is 3. The van der Waals surface area contributed by atoms with E-state index < -0.39 is 0 Å². The van der Waals surface area contributed by atoms with Crippen molar-refractivity contribution >= 4 is 29.9 Å². The smallest absolute Gasteiger partial charge is 0.190 e. The second kappa shape index (κ2) is 12.1. The number of guanidine groups is 1. The van der Waals surface area contributed by atoms with Gasteiger partial charge in [0.05, 0.1) is 0 Å². The maximum absolute atomic E-state index is 4.23. The molecular weight excluding hydrogens is 337 g/mol. The van der Waals surface area contributed by atoms with Crippen molar-refractivity contribution in [3.05, 3.63) is 0 Å². The van der Waals surface area contributed by atoms with Crippen LogP contribution in [0.5, 0.6) is 0 Å². The average Bonchev–Trinajstić information content (AvgIpc) is 3.15. The minimum absolute atomic E-state index is 0. The van der Waals surface area contributed by atoms with Gasteiger partial charge in [-0.05, 0) is 25.2 Å². The van der Waals surface area contributed by atoms with Crippen LogP contribution in [-0.2, 0) is 0 Å². The van der Waals surface area contributed by atoms with Gasteiger partial charge in [0.25, 0.3) is 0 Å². The quantitative estimate of drug-likeness (QED) is 0.283. The molecule has 1 aliphatic rings. The van der Waals surface area contributed by atoms with E-state index in [-0.39, 0.29) is 24.0 Å². The van der Waals surface area contributed by atoms with Crippen molar-refractivity contribution in [3.8, 4) is 0 Å². The van der Waals surface area contributed by atoms with Crippen molar-refractivity contribution in [1.29, 1.82) is 0 Å². The van der Waals surface area contributed by atoms with E-state index in [4.69, 9.17) is 0 Å². The molecule has 0 radical (unpaired) electrons. The number of halogens is 1. The molecule has 1 rings (SSSR count). The predicted molar refractivity (Wildman–Crippen MR) is 90.9 cm³/mol. The fraction of sp³-hybridized carbons (Fsp3) is 0.929. The van der Waals surface area contributed by atoms with Crippen molar-refractivity contribution in [2.24, 2.45) is 10.9 Å². The van der Waals surface area contributed by atoms with E-state index in [1.807, 2.05) is 7.05 Å². The van der Waals surface area contributed by atoms with E-state index in [0.29, 0.717) is 0 Å². The largest absolute Gasteiger partial charge is 0.356 e. The Hall–Kier alpha value is 0. The third-order valence-corrected chi connectivity index (χ3v) is 3.32. The molecule has 1 fully saturated rings. The Labute approximate surface area is 130 Å². The second-order valence-corrected chi connectivity index (χ2v) is 5.07. The Morgan fingerprint density at radius 1 is 1.06 bits per heavy atom. The molecule has 0 aromatic carbocycles. The molecule has 18 heavy (non-hydrogen) atoms. The standard InChI is InChI=1S/C14H29N3.HI/c1-3-4-5-6-11-16-14(15-2)17-12-7-8-13-9-10-13;/h13H,3-12H2,1-2H3,(H2,15,16,17);1H. The SMILES string of the molecule is CCCCCCNC(=NC)NCCCC1CC1.I. The van der Waals surface area contributed by atoms with Crippen molar-refractivity contribution in [2.75, 3.05) is 20.1 Å². The van der Waals surface area contributed by atoms with Crippen molar-refractivity contribution in [1.82, 2.24) is 10.6 Å². The van der Waals surface area contributed by atoms with E-state index in [0.717, 1.165) is 25.0 Å². The van der Waals surface area contributed by atoms with E-state index in [1.54, 1.807) is 0 Å². The van der Waals surface area contributed by atoms with Crippen molar-refractivity contribution in [2.45, 2.75) is 58.3 Å². The van der Waals surface area contributed by atoms with Crippen molar-refractivity contribution < 1.29 is 0 Å². The molecule has 0 bridgehead atoms. The van der Waals surface area contributed by atoms with Crippen LogP contribution in [-0.4, -0.2) is 26.1 Å². The van der Waals surface area contributed by atoms with Gasteiger partial charge in [0.2, 0.25) is 0 Å². The first-order valence-electron chi connectivity index (χ1n) is 7.31. The molecule has 108 valence electrons. The maximum Gasteiger partial charge on any atom is 0.190 e. The van der Waals surface area contributed by atoms with Gasteiger partial charge in [-0.2, -0.15) is 0 Å². The average molecular weight is 367 g/mol. The summed E-state index contributed by atoms with van der Waals surface area (Å²) in [6.45, 7) is 4.35. The molecule has 1 saturated carbocycles. The van der Waals surface area contributed by atoms with Gasteiger partial charge in [-0.1, -0.05) is 39.0 Å². The van der Waals surface area contributed by atoms with Crippen molar-refractivity contribution in [3.63, 3.8) is 0 Å². The summed E-state index contributed by atoms with van der Waals surface area (Å²) in [6, 6.07) is 0. The number of hydrogen-bond donors (Lipinski definition) is 2. The molecule has 1 aliphatic carbocycles. The molecule has 0 amide bonds. The lowest BCUT2D eigenvalue weighted by molar-refractivity contribution is 0.629. The Bertz CT molecular complexity index is 215. The van der Waals surface area contributed by atoms with Gasteiger partial charge in [0, 0.05) is 20.1 Å². The summed E-state index contributed by atoms with van der Waals surface area (Å²) in [5, 5.41) is 6.75. The van der Waals surface area contributed by atoms with E-state index in [9.17, 15) is 0 Å². The predicted octanol–water partition coefficient (Wildman–Crippen LogP) is 3.54. The third kappa shape index (κ3) is 9.97. The Morgan fingerprint density at radius 2 is 1.72 bits per heavy atom. The second-order valence-electron chi connectivity index (χ2n) is 5.07. The molecule has 0 aliphatic heterocycles. The first-order chi connectivity index (χ1) is 8.36. The lowest BCUT2D eigenvalue weighted by Gasteiger charge is -2.11. The summed E-state index contributed by atoms with van der Waals surface area (Å²) in [7, 11) is 1.85. The first-order valence-corrected chi connectivity index (χ1v) is 7.31. The van der Waals surface area contributed by atoms with Crippen LogP contribution in [0.3, 0.4) is 0 Å². The normalized spacial score (nSPS) is 15.1. The van der Waals surface area contributed by atoms with E-state index >= 15 is 0 Å². The summed E-state index contributed by atoms with van der Waals surface area (Å²) >= 11 is 0. The van der Waals surface area contributed by atoms with Crippen LogP contribution in [0.2, 0.25) is 0 Å². The van der Waals surface area contributed by atoms with Crippen LogP contribution in [0.25, 0.3) is 0 Å². The summed E-state index contributed by atoms with van der Waals surface area (Å²) in [4.78, 5) is 4.23. The topological polar surface area (TPSA) is 36.4 Å². The molecule has 0 spiro atoms.